The molecule has 1 saturated carbocycles. The third kappa shape index (κ3) is 5.27. The van der Waals surface area contributed by atoms with Crippen molar-refractivity contribution in [3.8, 4) is 11.3 Å². The van der Waals surface area contributed by atoms with Gasteiger partial charge in [-0.2, -0.15) is 13.2 Å². The highest BCUT2D eigenvalue weighted by Crippen LogP contribution is 2.43. The van der Waals surface area contributed by atoms with Gasteiger partial charge in [0.15, 0.2) is 5.82 Å². The predicted octanol–water partition coefficient (Wildman–Crippen LogP) is 5.53. The lowest BCUT2D eigenvalue weighted by Gasteiger charge is -2.30. The van der Waals surface area contributed by atoms with Crippen LogP contribution in [-0.2, 0) is 10.9 Å². The lowest BCUT2D eigenvalue weighted by Crippen LogP contribution is -2.35. The zero-order valence-corrected chi connectivity index (χ0v) is 19.8. The van der Waals surface area contributed by atoms with Gasteiger partial charge < -0.3 is 14.5 Å². The number of ether oxygens (including phenoxy) is 1. The SMILES string of the molecule is [2H]C([2H])([2H])N(c1cc(C(F)(F)F)c(-c2cc(F)ccc2Cl)nn1)C1C[C@@H]2CN(CC3CCOCC3)C[C@@H]2C1. The summed E-state index contributed by atoms with van der Waals surface area (Å²) in [5.74, 6) is -0.0258. The van der Waals surface area contributed by atoms with Crippen LogP contribution < -0.4 is 4.90 Å². The number of anilines is 1. The molecule has 0 bridgehead atoms. The highest BCUT2D eigenvalue weighted by atomic mass is 35.5. The summed E-state index contributed by atoms with van der Waals surface area (Å²) in [6, 6.07) is 3.22. The van der Waals surface area contributed by atoms with Gasteiger partial charge in [0, 0.05) is 55.5 Å². The number of rotatable bonds is 5. The van der Waals surface area contributed by atoms with E-state index in [1.807, 2.05) is 0 Å². The van der Waals surface area contributed by atoms with E-state index < -0.39 is 36.3 Å². The van der Waals surface area contributed by atoms with Gasteiger partial charge in [0.25, 0.3) is 0 Å². The van der Waals surface area contributed by atoms with Crippen molar-refractivity contribution in [1.29, 1.82) is 0 Å². The van der Waals surface area contributed by atoms with Crippen molar-refractivity contribution >= 4 is 17.4 Å². The van der Waals surface area contributed by atoms with Crippen molar-refractivity contribution in [1.82, 2.24) is 15.1 Å². The lowest BCUT2D eigenvalue weighted by molar-refractivity contribution is -0.137. The normalized spacial score (nSPS) is 27.3. The lowest BCUT2D eigenvalue weighted by atomic mass is 10.00. The van der Waals surface area contributed by atoms with Crippen molar-refractivity contribution in [2.75, 3.05) is 44.7 Å². The van der Waals surface area contributed by atoms with Crippen LogP contribution in [0, 0.1) is 23.6 Å². The predicted molar refractivity (Wildman–Crippen MR) is 126 cm³/mol. The zero-order valence-electron chi connectivity index (χ0n) is 22.1. The van der Waals surface area contributed by atoms with Gasteiger partial charge in [-0.25, -0.2) is 4.39 Å². The van der Waals surface area contributed by atoms with Crippen LogP contribution in [-0.4, -0.2) is 61.0 Å². The number of benzene rings is 1. The molecule has 1 aliphatic carbocycles. The minimum atomic E-state index is -4.90. The molecule has 2 aromatic rings. The summed E-state index contributed by atoms with van der Waals surface area (Å²) < 4.78 is 86.0. The number of nitrogens with zero attached hydrogens (tertiary/aromatic N) is 4. The monoisotopic (exact) mass is 515 g/mol. The minimum absolute atomic E-state index is 0.124. The Bertz CT molecular complexity index is 1150. The summed E-state index contributed by atoms with van der Waals surface area (Å²) in [7, 11) is 0. The van der Waals surface area contributed by atoms with Crippen molar-refractivity contribution in [2.24, 2.45) is 17.8 Å². The molecule has 35 heavy (non-hydrogen) atoms. The van der Waals surface area contributed by atoms with Gasteiger partial charge in [-0.1, -0.05) is 11.6 Å². The molecule has 0 amide bonds. The first-order chi connectivity index (χ1) is 17.9. The van der Waals surface area contributed by atoms with E-state index in [2.05, 4.69) is 15.1 Å². The second kappa shape index (κ2) is 9.82. The molecule has 1 aromatic carbocycles. The van der Waals surface area contributed by atoms with Gasteiger partial charge in [0.1, 0.15) is 11.5 Å². The Labute approximate surface area is 211 Å². The van der Waals surface area contributed by atoms with Gasteiger partial charge >= 0.3 is 6.18 Å². The van der Waals surface area contributed by atoms with Crippen molar-refractivity contribution in [3.63, 3.8) is 0 Å². The van der Waals surface area contributed by atoms with E-state index in [4.69, 9.17) is 20.5 Å². The van der Waals surface area contributed by atoms with E-state index in [1.54, 1.807) is 0 Å². The summed E-state index contributed by atoms with van der Waals surface area (Å²) in [4.78, 5) is 3.44. The van der Waals surface area contributed by atoms with E-state index in [0.717, 1.165) is 68.8 Å². The number of aromatic nitrogens is 2. The quantitative estimate of drug-likeness (QED) is 0.490. The van der Waals surface area contributed by atoms with Gasteiger partial charge in [-0.15, -0.1) is 10.2 Å². The largest absolute Gasteiger partial charge is 0.418 e. The Hall–Kier alpha value is -1.97. The maximum Gasteiger partial charge on any atom is 0.418 e. The molecule has 3 fully saturated rings. The fraction of sp³-hybridized carbons (Fsp3) is 0.600. The molecule has 2 saturated heterocycles. The Kier molecular flexibility index (Phi) is 5.94. The molecule has 0 radical (unpaired) electrons. The standard InChI is InChI=1S/C25H29ClF4N4O/c1-33(19-8-16-13-34(14-17(16)9-19)12-15-4-6-35-7-5-15)23-11-21(25(28,29)30)24(32-31-23)20-10-18(27)2-3-22(20)26/h2-3,10-11,15-17,19H,4-9,12-14H2,1H3/t16-,17+,19?/i1D3. The molecule has 1 unspecified atom stereocenters. The molecule has 2 aliphatic heterocycles. The minimum Gasteiger partial charge on any atom is -0.381 e. The first-order valence-corrected chi connectivity index (χ1v) is 12.3. The highest BCUT2D eigenvalue weighted by Gasteiger charge is 2.43. The topological polar surface area (TPSA) is 41.5 Å². The number of hydrogen-bond acceptors (Lipinski definition) is 5. The average Bonchev–Trinajstić information content (AvgIpc) is 3.38. The molecule has 5 nitrogen and oxygen atoms in total. The maximum atomic E-state index is 14.1. The molecular weight excluding hydrogens is 484 g/mol. The fourth-order valence-electron chi connectivity index (χ4n) is 5.80. The highest BCUT2D eigenvalue weighted by molar-refractivity contribution is 6.33. The number of alkyl halides is 3. The van der Waals surface area contributed by atoms with Crippen LogP contribution in [0.25, 0.3) is 11.3 Å². The number of likely N-dealkylation sites (tertiary alicyclic amines) is 1. The Morgan fingerprint density at radius 3 is 2.51 bits per heavy atom. The van der Waals surface area contributed by atoms with Crippen molar-refractivity contribution < 1.29 is 26.4 Å². The molecule has 0 N–H and O–H groups in total. The van der Waals surface area contributed by atoms with Crippen LogP contribution in [0.3, 0.4) is 0 Å². The zero-order chi connectivity index (χ0) is 27.2. The van der Waals surface area contributed by atoms with Gasteiger partial charge in [0.2, 0.25) is 0 Å². The van der Waals surface area contributed by atoms with E-state index in [0.29, 0.717) is 24.8 Å². The molecular formula is C25H29ClF4N4O. The third-order valence-electron chi connectivity index (χ3n) is 7.54. The smallest absolute Gasteiger partial charge is 0.381 e. The summed E-state index contributed by atoms with van der Waals surface area (Å²) >= 11 is 6.05. The van der Waals surface area contributed by atoms with Gasteiger partial charge in [-0.3, -0.25) is 0 Å². The van der Waals surface area contributed by atoms with Crippen molar-refractivity contribution in [3.05, 3.63) is 40.7 Å². The summed E-state index contributed by atoms with van der Waals surface area (Å²) in [5, 5.41) is 7.53. The van der Waals surface area contributed by atoms with E-state index in [1.165, 1.54) is 0 Å². The van der Waals surface area contributed by atoms with Crippen molar-refractivity contribution in [2.45, 2.75) is 37.9 Å². The van der Waals surface area contributed by atoms with Gasteiger partial charge in [0.05, 0.1) is 10.6 Å². The van der Waals surface area contributed by atoms with E-state index in [-0.39, 0.29) is 28.2 Å². The van der Waals surface area contributed by atoms with Crippen LogP contribution in [0.4, 0.5) is 23.4 Å². The summed E-state index contributed by atoms with van der Waals surface area (Å²) in [6.45, 7) is 1.54. The summed E-state index contributed by atoms with van der Waals surface area (Å²) in [6.07, 6.45) is -1.72. The molecule has 1 aromatic heterocycles. The molecule has 0 spiro atoms. The fourth-order valence-corrected chi connectivity index (χ4v) is 6.01. The second-order valence-electron chi connectivity index (χ2n) is 9.88. The second-order valence-corrected chi connectivity index (χ2v) is 10.3. The third-order valence-corrected chi connectivity index (χ3v) is 7.87. The Balaban J connectivity index is 1.39. The van der Waals surface area contributed by atoms with Crippen LogP contribution >= 0.6 is 11.6 Å². The molecule has 190 valence electrons. The van der Waals surface area contributed by atoms with Crippen LogP contribution in [0.5, 0.6) is 0 Å². The summed E-state index contributed by atoms with van der Waals surface area (Å²) in [5.41, 5.74) is -2.13. The van der Waals surface area contributed by atoms with Crippen LogP contribution in [0.2, 0.25) is 5.02 Å². The molecule has 3 atom stereocenters. The number of hydrogen-bond donors (Lipinski definition) is 0. The average molecular weight is 516 g/mol. The first kappa shape index (κ1) is 21.1. The first-order valence-electron chi connectivity index (χ1n) is 13.4. The number of fused-ring (bicyclic) bond motifs is 1. The van der Waals surface area contributed by atoms with E-state index >= 15 is 0 Å². The Morgan fingerprint density at radius 2 is 1.86 bits per heavy atom. The molecule has 5 rings (SSSR count). The number of halogens is 5. The molecule has 3 heterocycles. The molecule has 3 aliphatic rings. The molecule has 10 heteroatoms. The maximum absolute atomic E-state index is 14.1. The van der Waals surface area contributed by atoms with Gasteiger partial charge in [-0.05, 0) is 67.7 Å². The van der Waals surface area contributed by atoms with Crippen LogP contribution in [0.15, 0.2) is 24.3 Å². The van der Waals surface area contributed by atoms with Crippen LogP contribution in [0.1, 0.15) is 35.4 Å². The van der Waals surface area contributed by atoms with E-state index in [9.17, 15) is 17.6 Å². The Morgan fingerprint density at radius 1 is 1.14 bits per heavy atom.